The van der Waals surface area contributed by atoms with Crippen molar-refractivity contribution in [2.45, 2.75) is 0 Å². The first-order chi connectivity index (χ1) is 30.3. The molecule has 0 radical (unpaired) electrons. The minimum atomic E-state index is 1.09. The average Bonchev–Trinajstić information content (AvgIpc) is 3.87. The van der Waals surface area contributed by atoms with Gasteiger partial charge in [-0.2, -0.15) is 0 Å². The summed E-state index contributed by atoms with van der Waals surface area (Å²) >= 11 is 0. The molecule has 3 nitrogen and oxygen atoms in total. The number of hydrogen-bond acceptors (Lipinski definition) is 1. The molecule has 0 spiro atoms. The molecule has 9 aromatic carbocycles. The Morgan fingerprint density at radius 3 is 1.56 bits per heavy atom. The second kappa shape index (κ2) is 15.6. The van der Waals surface area contributed by atoms with Crippen molar-refractivity contribution in [3.8, 4) is 33.8 Å². The highest BCUT2D eigenvalue weighted by atomic mass is 15.1. The average molecular weight is 780 g/mol. The molecule has 61 heavy (non-hydrogen) atoms. The van der Waals surface area contributed by atoms with Gasteiger partial charge in [0.1, 0.15) is 0 Å². The van der Waals surface area contributed by atoms with E-state index in [2.05, 4.69) is 263 Å². The van der Waals surface area contributed by atoms with E-state index in [0.29, 0.717) is 0 Å². The van der Waals surface area contributed by atoms with Crippen LogP contribution in [0.15, 0.2) is 237 Å². The highest BCUT2D eigenvalue weighted by Gasteiger charge is 2.23. The van der Waals surface area contributed by atoms with Gasteiger partial charge in [0.2, 0.25) is 0 Å². The first-order valence-electron chi connectivity index (χ1n) is 20.9. The molecule has 2 aromatic heterocycles. The van der Waals surface area contributed by atoms with Gasteiger partial charge in [0.15, 0.2) is 0 Å². The molecule has 0 aliphatic rings. The Labute approximate surface area is 356 Å². The van der Waals surface area contributed by atoms with Crippen molar-refractivity contribution in [1.29, 1.82) is 0 Å². The quantitative estimate of drug-likeness (QED) is 0.133. The van der Waals surface area contributed by atoms with Crippen LogP contribution in [0.1, 0.15) is 11.1 Å². The van der Waals surface area contributed by atoms with Crippen molar-refractivity contribution in [3.05, 3.63) is 248 Å². The summed E-state index contributed by atoms with van der Waals surface area (Å²) < 4.78 is 4.81. The van der Waals surface area contributed by atoms with Crippen LogP contribution >= 0.6 is 0 Å². The molecule has 2 heterocycles. The van der Waals surface area contributed by atoms with E-state index >= 15 is 0 Å². The molecule has 0 N–H and O–H groups in total. The molecule has 288 valence electrons. The summed E-state index contributed by atoms with van der Waals surface area (Å²) in [6.45, 7) is 0. The molecule has 0 saturated heterocycles. The normalized spacial score (nSPS) is 11.5. The topological polar surface area (TPSA) is 13.1 Å². The van der Waals surface area contributed by atoms with Crippen LogP contribution in [0, 0.1) is 0 Å². The molecule has 0 saturated carbocycles. The number of hydrogen-bond donors (Lipinski definition) is 0. The maximum atomic E-state index is 2.45. The highest BCUT2D eigenvalue weighted by molar-refractivity contribution is 6.11. The predicted octanol–water partition coefficient (Wildman–Crippen LogP) is 15.7. The van der Waals surface area contributed by atoms with Gasteiger partial charge in [0.05, 0.1) is 22.2 Å². The minimum Gasteiger partial charge on any atom is -0.310 e. The van der Waals surface area contributed by atoms with Crippen LogP contribution < -0.4 is 4.90 Å². The molecule has 3 heteroatoms. The van der Waals surface area contributed by atoms with Gasteiger partial charge in [-0.05, 0) is 95.1 Å². The minimum absolute atomic E-state index is 1.09. The molecule has 11 aromatic rings. The first kappa shape index (κ1) is 36.0. The molecule has 0 bridgehead atoms. The number of para-hydroxylation sites is 5. The third-order valence-electron chi connectivity index (χ3n) is 11.7. The number of nitrogens with zero attached hydrogens (tertiary/aromatic N) is 3. The molecule has 0 atom stereocenters. The van der Waals surface area contributed by atoms with E-state index in [0.717, 1.165) is 39.6 Å². The van der Waals surface area contributed by atoms with Crippen molar-refractivity contribution < 1.29 is 0 Å². The third-order valence-corrected chi connectivity index (χ3v) is 11.7. The maximum absolute atomic E-state index is 2.45. The summed E-state index contributed by atoms with van der Waals surface area (Å²) in [5.74, 6) is 0. The summed E-state index contributed by atoms with van der Waals surface area (Å²) in [4.78, 5) is 2.35. The number of aromatic nitrogens is 2. The zero-order chi connectivity index (χ0) is 40.5. The van der Waals surface area contributed by atoms with Crippen molar-refractivity contribution in [1.82, 2.24) is 9.13 Å². The Bertz CT molecular complexity index is 3310. The van der Waals surface area contributed by atoms with Crippen LogP contribution in [0.2, 0.25) is 0 Å². The van der Waals surface area contributed by atoms with E-state index in [1.54, 1.807) is 0 Å². The van der Waals surface area contributed by atoms with Gasteiger partial charge in [-0.15, -0.1) is 0 Å². The van der Waals surface area contributed by atoms with Crippen molar-refractivity contribution >= 4 is 61.9 Å². The van der Waals surface area contributed by atoms with Gasteiger partial charge in [0.25, 0.3) is 0 Å². The standard InChI is InChI=1S/C58H41N3/c1-6-19-43(20-7-1)56-52-31-18-23-45(57(52)61(48-28-14-5-15-29-48)58(56)44-21-8-2-9-22-44)36-33-42-34-37-49(38-35-42)59(46-24-10-3-11-25-46)50-39-40-55-53(41-50)51-30-16-17-32-54(51)60(55)47-26-12-4-13-27-47/h1-41H/b36-33+. The van der Waals surface area contributed by atoms with Crippen molar-refractivity contribution in [3.63, 3.8) is 0 Å². The van der Waals surface area contributed by atoms with Crippen LogP contribution in [0.4, 0.5) is 17.1 Å². The number of fused-ring (bicyclic) bond motifs is 4. The Kier molecular flexibility index (Phi) is 9.18. The van der Waals surface area contributed by atoms with Gasteiger partial charge in [-0.25, -0.2) is 0 Å². The lowest BCUT2D eigenvalue weighted by Gasteiger charge is -2.25. The maximum Gasteiger partial charge on any atom is 0.0619 e. The number of benzene rings is 9. The fourth-order valence-corrected chi connectivity index (χ4v) is 9.00. The van der Waals surface area contributed by atoms with Crippen LogP contribution in [-0.4, -0.2) is 9.13 Å². The molecule has 0 fully saturated rings. The Balaban J connectivity index is 1.02. The van der Waals surface area contributed by atoms with Crippen LogP contribution in [0.3, 0.4) is 0 Å². The fourth-order valence-electron chi connectivity index (χ4n) is 9.00. The summed E-state index contributed by atoms with van der Waals surface area (Å²) in [6, 6.07) is 84.8. The largest absolute Gasteiger partial charge is 0.310 e. The SMILES string of the molecule is C(=C\c1cccc2c(-c3ccccc3)c(-c3ccccc3)n(-c3ccccc3)c12)/c1ccc(N(c2ccccc2)c2ccc3c(c2)c2ccccc2n3-c2ccccc2)cc1. The number of rotatable bonds is 9. The van der Waals surface area contributed by atoms with Crippen LogP contribution in [0.5, 0.6) is 0 Å². The Morgan fingerprint density at radius 1 is 0.344 bits per heavy atom. The summed E-state index contributed by atoms with van der Waals surface area (Å²) in [5, 5.41) is 3.67. The van der Waals surface area contributed by atoms with E-state index < -0.39 is 0 Å². The molecule has 0 aliphatic heterocycles. The van der Waals surface area contributed by atoms with Gasteiger partial charge in [-0.3, -0.25) is 0 Å². The van der Waals surface area contributed by atoms with Gasteiger partial charge < -0.3 is 14.0 Å². The molecule has 0 amide bonds. The summed E-state index contributed by atoms with van der Waals surface area (Å²) in [5.41, 5.74) is 16.2. The predicted molar refractivity (Wildman–Crippen MR) is 259 cm³/mol. The first-order valence-corrected chi connectivity index (χ1v) is 20.9. The van der Waals surface area contributed by atoms with Crippen LogP contribution in [-0.2, 0) is 0 Å². The van der Waals surface area contributed by atoms with Crippen molar-refractivity contribution in [2.24, 2.45) is 0 Å². The molecular weight excluding hydrogens is 739 g/mol. The number of anilines is 3. The molecule has 0 aliphatic carbocycles. The second-order valence-electron chi connectivity index (χ2n) is 15.4. The van der Waals surface area contributed by atoms with Crippen LogP contribution in [0.25, 0.3) is 78.6 Å². The molecule has 11 rings (SSSR count). The summed E-state index contributed by atoms with van der Waals surface area (Å²) in [7, 11) is 0. The Hall–Kier alpha value is -8.14. The fraction of sp³-hybridized carbons (Fsp3) is 0. The van der Waals surface area contributed by atoms with Gasteiger partial charge in [0, 0.05) is 50.2 Å². The lowest BCUT2D eigenvalue weighted by molar-refractivity contribution is 1.13. The monoisotopic (exact) mass is 779 g/mol. The lowest BCUT2D eigenvalue weighted by Crippen LogP contribution is -2.09. The van der Waals surface area contributed by atoms with E-state index in [4.69, 9.17) is 0 Å². The Morgan fingerprint density at radius 2 is 0.869 bits per heavy atom. The van der Waals surface area contributed by atoms with Gasteiger partial charge in [-0.1, -0.05) is 176 Å². The summed E-state index contributed by atoms with van der Waals surface area (Å²) in [6.07, 6.45) is 4.51. The molecular formula is C58H41N3. The van der Waals surface area contributed by atoms with E-state index in [-0.39, 0.29) is 0 Å². The second-order valence-corrected chi connectivity index (χ2v) is 15.4. The zero-order valence-corrected chi connectivity index (χ0v) is 33.5. The molecule has 0 unspecified atom stereocenters. The lowest BCUT2D eigenvalue weighted by atomic mass is 9.97. The van der Waals surface area contributed by atoms with E-state index in [1.807, 2.05) is 0 Å². The van der Waals surface area contributed by atoms with E-state index in [1.165, 1.54) is 55.1 Å². The smallest absolute Gasteiger partial charge is 0.0619 e. The van der Waals surface area contributed by atoms with E-state index in [9.17, 15) is 0 Å². The zero-order valence-electron chi connectivity index (χ0n) is 33.5. The third kappa shape index (κ3) is 6.50. The highest BCUT2D eigenvalue weighted by Crippen LogP contribution is 2.45. The van der Waals surface area contributed by atoms with Gasteiger partial charge >= 0.3 is 0 Å². The van der Waals surface area contributed by atoms with Crippen molar-refractivity contribution in [2.75, 3.05) is 4.90 Å².